The Morgan fingerprint density at radius 2 is 1.41 bits per heavy atom. The second-order valence-corrected chi connectivity index (χ2v) is 8.84. The molecule has 0 radical (unpaired) electrons. The molecule has 132 valence electrons. The average Bonchev–Trinajstić information content (AvgIpc) is 3.06. The summed E-state index contributed by atoms with van der Waals surface area (Å²) >= 11 is 7.24. The summed E-state index contributed by atoms with van der Waals surface area (Å²) in [6, 6.07) is 19.3. The highest BCUT2D eigenvalue weighted by molar-refractivity contribution is 9.10. The van der Waals surface area contributed by atoms with Crippen LogP contribution in [0.15, 0.2) is 63.5 Å². The number of aryl methyl sites for hydroxylation is 2. The number of nitrogens with one attached hydrogen (secondary N) is 1. The van der Waals surface area contributed by atoms with E-state index >= 15 is 0 Å². The zero-order valence-electron chi connectivity index (χ0n) is 14.9. The van der Waals surface area contributed by atoms with Gasteiger partial charge in [-0.3, -0.25) is 0 Å². The molecular formula is C23H16Br2N2. The lowest BCUT2D eigenvalue weighted by atomic mass is 10.0. The number of aromatic nitrogens is 2. The molecule has 0 spiro atoms. The highest BCUT2D eigenvalue weighted by Crippen LogP contribution is 2.38. The van der Waals surface area contributed by atoms with Crippen molar-refractivity contribution in [1.82, 2.24) is 9.97 Å². The molecule has 0 aliphatic carbocycles. The van der Waals surface area contributed by atoms with Crippen molar-refractivity contribution < 1.29 is 0 Å². The number of aromatic amines is 1. The van der Waals surface area contributed by atoms with Gasteiger partial charge in [0.2, 0.25) is 0 Å². The largest absolute Gasteiger partial charge is 0.337 e. The average molecular weight is 480 g/mol. The fraction of sp³-hybridized carbons (Fsp3) is 0.0870. The van der Waals surface area contributed by atoms with Crippen molar-refractivity contribution in [2.75, 3.05) is 0 Å². The van der Waals surface area contributed by atoms with E-state index in [1.165, 1.54) is 27.3 Å². The number of imidazole rings is 1. The number of hydrogen-bond donors (Lipinski definition) is 1. The molecule has 5 rings (SSSR count). The summed E-state index contributed by atoms with van der Waals surface area (Å²) < 4.78 is 2.14. The maximum atomic E-state index is 5.02. The van der Waals surface area contributed by atoms with Crippen molar-refractivity contribution in [1.29, 1.82) is 0 Å². The SMILES string of the molecule is Cc1ccc(-c2nc3c4ccc(Br)cc4c4cc(Br)ccc4c3[nH]2)c(C)c1. The van der Waals surface area contributed by atoms with Crippen molar-refractivity contribution in [3.05, 3.63) is 74.7 Å². The van der Waals surface area contributed by atoms with Crippen LogP contribution in [0.5, 0.6) is 0 Å². The molecule has 5 aromatic rings. The number of rotatable bonds is 1. The van der Waals surface area contributed by atoms with Crippen LogP contribution in [-0.4, -0.2) is 9.97 Å². The van der Waals surface area contributed by atoms with E-state index in [0.29, 0.717) is 0 Å². The van der Waals surface area contributed by atoms with Gasteiger partial charge in [-0.25, -0.2) is 4.98 Å². The lowest BCUT2D eigenvalue weighted by Crippen LogP contribution is -1.86. The van der Waals surface area contributed by atoms with E-state index in [9.17, 15) is 0 Å². The van der Waals surface area contributed by atoms with Crippen LogP contribution in [0, 0.1) is 13.8 Å². The molecule has 4 aromatic carbocycles. The van der Waals surface area contributed by atoms with Crippen LogP contribution in [0.1, 0.15) is 11.1 Å². The molecule has 0 unspecified atom stereocenters. The van der Waals surface area contributed by atoms with E-state index in [1.807, 2.05) is 0 Å². The monoisotopic (exact) mass is 478 g/mol. The fourth-order valence-electron chi connectivity index (χ4n) is 3.87. The number of benzene rings is 4. The zero-order valence-corrected chi connectivity index (χ0v) is 18.1. The Bertz CT molecular complexity index is 1290. The van der Waals surface area contributed by atoms with E-state index in [4.69, 9.17) is 4.98 Å². The van der Waals surface area contributed by atoms with Crippen LogP contribution in [-0.2, 0) is 0 Å². The molecule has 0 fully saturated rings. The second kappa shape index (κ2) is 6.18. The Morgan fingerprint density at radius 1 is 0.741 bits per heavy atom. The molecule has 4 heteroatoms. The van der Waals surface area contributed by atoms with E-state index in [-0.39, 0.29) is 0 Å². The Hall–Kier alpha value is -2.17. The number of fused-ring (bicyclic) bond motifs is 6. The summed E-state index contributed by atoms with van der Waals surface area (Å²) in [6.07, 6.45) is 0. The van der Waals surface area contributed by atoms with Gasteiger partial charge < -0.3 is 4.98 Å². The summed E-state index contributed by atoms with van der Waals surface area (Å²) in [5.41, 5.74) is 5.74. The first-order valence-electron chi connectivity index (χ1n) is 8.79. The van der Waals surface area contributed by atoms with Gasteiger partial charge in [0.05, 0.1) is 11.0 Å². The van der Waals surface area contributed by atoms with Gasteiger partial charge in [-0.2, -0.15) is 0 Å². The maximum absolute atomic E-state index is 5.02. The van der Waals surface area contributed by atoms with Gasteiger partial charge >= 0.3 is 0 Å². The van der Waals surface area contributed by atoms with Gasteiger partial charge in [-0.1, -0.05) is 67.8 Å². The standard InChI is InChI=1S/C23H16Br2N2/c1-12-3-6-16(13(2)9-12)23-26-21-17-7-4-14(24)10-19(17)20-11-15(25)5-8-18(20)22(21)27-23/h3-11H,1-2H3,(H,26,27). The van der Waals surface area contributed by atoms with Gasteiger partial charge in [-0.15, -0.1) is 0 Å². The van der Waals surface area contributed by atoms with Crippen LogP contribution < -0.4 is 0 Å². The summed E-state index contributed by atoms with van der Waals surface area (Å²) in [5, 5.41) is 4.75. The third kappa shape index (κ3) is 2.70. The smallest absolute Gasteiger partial charge is 0.138 e. The molecular weight excluding hydrogens is 464 g/mol. The van der Waals surface area contributed by atoms with E-state index in [0.717, 1.165) is 36.8 Å². The molecule has 1 heterocycles. The maximum Gasteiger partial charge on any atom is 0.138 e. The zero-order chi connectivity index (χ0) is 18.7. The van der Waals surface area contributed by atoms with Crippen molar-refractivity contribution in [2.45, 2.75) is 13.8 Å². The van der Waals surface area contributed by atoms with Crippen molar-refractivity contribution in [3.8, 4) is 11.4 Å². The number of hydrogen-bond acceptors (Lipinski definition) is 1. The number of H-pyrrole nitrogens is 1. The van der Waals surface area contributed by atoms with E-state index in [1.54, 1.807) is 0 Å². The van der Waals surface area contributed by atoms with Crippen molar-refractivity contribution in [3.63, 3.8) is 0 Å². The summed E-state index contributed by atoms with van der Waals surface area (Å²) in [4.78, 5) is 8.62. The number of halogens is 2. The summed E-state index contributed by atoms with van der Waals surface area (Å²) in [5.74, 6) is 0.919. The lowest BCUT2D eigenvalue weighted by Gasteiger charge is -2.07. The third-order valence-corrected chi connectivity index (χ3v) is 6.11. The van der Waals surface area contributed by atoms with E-state index < -0.39 is 0 Å². The molecule has 1 aromatic heterocycles. The molecule has 27 heavy (non-hydrogen) atoms. The fourth-order valence-corrected chi connectivity index (χ4v) is 4.60. The highest BCUT2D eigenvalue weighted by Gasteiger charge is 2.15. The molecule has 0 aliphatic rings. The van der Waals surface area contributed by atoms with Gasteiger partial charge in [0, 0.05) is 25.3 Å². The lowest BCUT2D eigenvalue weighted by molar-refractivity contribution is 1.29. The summed E-state index contributed by atoms with van der Waals surface area (Å²) in [6.45, 7) is 4.26. The van der Waals surface area contributed by atoms with Crippen molar-refractivity contribution in [2.24, 2.45) is 0 Å². The van der Waals surface area contributed by atoms with Gasteiger partial charge in [0.1, 0.15) is 5.82 Å². The van der Waals surface area contributed by atoms with Crippen LogP contribution in [0.2, 0.25) is 0 Å². The highest BCUT2D eigenvalue weighted by atomic mass is 79.9. The first-order valence-corrected chi connectivity index (χ1v) is 10.4. The molecule has 0 saturated carbocycles. The molecule has 0 aliphatic heterocycles. The van der Waals surface area contributed by atoms with Gasteiger partial charge in [-0.05, 0) is 54.4 Å². The quantitative estimate of drug-likeness (QED) is 0.245. The normalized spacial score (nSPS) is 11.7. The molecule has 0 atom stereocenters. The topological polar surface area (TPSA) is 28.7 Å². The van der Waals surface area contributed by atoms with Gasteiger partial charge in [0.15, 0.2) is 0 Å². The Balaban J connectivity index is 1.94. The molecule has 2 nitrogen and oxygen atoms in total. The van der Waals surface area contributed by atoms with Gasteiger partial charge in [0.25, 0.3) is 0 Å². The molecule has 0 saturated heterocycles. The molecule has 1 N–H and O–H groups in total. The minimum Gasteiger partial charge on any atom is -0.337 e. The van der Waals surface area contributed by atoms with Crippen LogP contribution >= 0.6 is 31.9 Å². The first kappa shape index (κ1) is 17.0. The third-order valence-electron chi connectivity index (χ3n) is 5.12. The second-order valence-electron chi connectivity index (χ2n) is 7.01. The first-order chi connectivity index (χ1) is 13.0. The molecule has 0 bridgehead atoms. The minimum absolute atomic E-state index is 0.919. The van der Waals surface area contributed by atoms with Crippen LogP contribution in [0.25, 0.3) is 44.0 Å². The Labute approximate surface area is 173 Å². The van der Waals surface area contributed by atoms with Crippen molar-refractivity contribution >= 4 is 64.4 Å². The van der Waals surface area contributed by atoms with Crippen LogP contribution in [0.3, 0.4) is 0 Å². The Morgan fingerprint density at radius 3 is 2.11 bits per heavy atom. The minimum atomic E-state index is 0.919. The Kier molecular flexibility index (Phi) is 3.88. The summed E-state index contributed by atoms with van der Waals surface area (Å²) in [7, 11) is 0. The predicted octanol–water partition coefficient (Wildman–Crippen LogP) is 7.68. The number of nitrogens with zero attached hydrogens (tertiary/aromatic N) is 1. The predicted molar refractivity (Wildman–Crippen MR) is 121 cm³/mol. The van der Waals surface area contributed by atoms with Crippen LogP contribution in [0.4, 0.5) is 0 Å². The molecule has 0 amide bonds. The van der Waals surface area contributed by atoms with E-state index in [2.05, 4.69) is 105 Å².